The third-order valence-electron chi connectivity index (χ3n) is 19.3. The minimum Gasteiger partial charge on any atom is -0.481 e. The molecule has 0 radical (unpaired) electrons. The van der Waals surface area contributed by atoms with Crippen molar-refractivity contribution >= 4 is 103 Å². The fourth-order valence-corrected chi connectivity index (χ4v) is 16.2. The maximum atomic E-state index is 13.9. The van der Waals surface area contributed by atoms with Gasteiger partial charge in [-0.2, -0.15) is 5.10 Å². The Morgan fingerprint density at radius 2 is 1.57 bits per heavy atom. The van der Waals surface area contributed by atoms with E-state index in [4.69, 9.17) is 25.3 Å². The predicted molar refractivity (Wildman–Crippen MR) is 383 cm³/mol. The number of ketones is 1. The lowest BCUT2D eigenvalue weighted by molar-refractivity contribution is -0.163. The van der Waals surface area contributed by atoms with E-state index in [1.807, 2.05) is 35.9 Å². The number of carbonyl (C=O) groups is 10. The summed E-state index contributed by atoms with van der Waals surface area (Å²) in [6, 6.07) is 23.0. The van der Waals surface area contributed by atoms with Gasteiger partial charge in [-0.1, -0.05) is 75.8 Å². The molecule has 5 heterocycles. The SMILES string of the molecule is Cc1c(-c2ccc(-c3cnc4cccc(C(=O)Nc5nc6ccccc6s5)c4c3)nc2C(=O)O)cnn1CC12CC(C)CC(C)(C1)CC(C)(OCCN(CCC(=O)O)C(=O)OCc1ccc(NC(=O)[C@H](CCCNC(N)=O)CC(=O)[C@@H](NC(=O)CCCCCN3C(=O)C=CC3=O)C(C)C)cc1)C2. The number of amides is 8. The van der Waals surface area contributed by atoms with Gasteiger partial charge in [-0.3, -0.25) is 53.4 Å². The quantitative estimate of drug-likeness (QED) is 0.0148. The van der Waals surface area contributed by atoms with Gasteiger partial charge in [-0.15, -0.1) is 0 Å². The molecule has 2 aliphatic carbocycles. The number of ether oxygens (including phenoxy) is 2. The summed E-state index contributed by atoms with van der Waals surface area (Å²) in [5.74, 6) is -5.40. The first-order valence-electron chi connectivity index (χ1n) is 34.5. The number of primary amides is 1. The first-order chi connectivity index (χ1) is 48.6. The molecule has 4 aromatic heterocycles. The second-order valence-corrected chi connectivity index (χ2v) is 29.4. The van der Waals surface area contributed by atoms with Crippen molar-refractivity contribution in [3.05, 3.63) is 132 Å². The van der Waals surface area contributed by atoms with Gasteiger partial charge in [0.25, 0.3) is 17.7 Å². The van der Waals surface area contributed by atoms with E-state index in [-0.39, 0.29) is 117 Å². The zero-order chi connectivity index (χ0) is 73.0. The van der Waals surface area contributed by atoms with E-state index in [1.165, 1.54) is 28.4 Å². The van der Waals surface area contributed by atoms with Gasteiger partial charge >= 0.3 is 24.1 Å². The van der Waals surface area contributed by atoms with Crippen LogP contribution < -0.4 is 27.0 Å². The number of Topliss-reactive ketones (excluding diaryl/α,β-unsaturated/α-hetero) is 1. The number of fused-ring (bicyclic) bond motifs is 4. The smallest absolute Gasteiger partial charge is 0.410 e. The lowest BCUT2D eigenvalue weighted by Crippen LogP contribution is -2.54. The first kappa shape index (κ1) is 74.4. The van der Waals surface area contributed by atoms with Crippen LogP contribution in [0.5, 0.6) is 0 Å². The molecule has 10 rings (SSSR count). The molecule has 26 nitrogen and oxygen atoms in total. The zero-order valence-corrected chi connectivity index (χ0v) is 59.1. The Balaban J connectivity index is 0.747. The van der Waals surface area contributed by atoms with Crippen LogP contribution in [0.25, 0.3) is 43.5 Å². The van der Waals surface area contributed by atoms with Gasteiger partial charge in [-0.25, -0.2) is 24.4 Å². The molecule has 2 bridgehead atoms. The number of nitrogens with zero attached hydrogens (tertiary/aromatic N) is 7. The van der Waals surface area contributed by atoms with Crippen LogP contribution in [-0.2, 0) is 51.4 Å². The number of carboxylic acids is 2. The Morgan fingerprint density at radius 1 is 0.814 bits per heavy atom. The van der Waals surface area contributed by atoms with Gasteiger partial charge in [0.05, 0.1) is 52.3 Å². The van der Waals surface area contributed by atoms with Crippen molar-refractivity contribution in [1.82, 2.24) is 45.2 Å². The number of anilines is 2. The predicted octanol–water partition coefficient (Wildman–Crippen LogP) is 11.1. The largest absolute Gasteiger partial charge is 0.481 e. The van der Waals surface area contributed by atoms with E-state index in [0.29, 0.717) is 99.8 Å². The Bertz CT molecular complexity index is 4310. The van der Waals surface area contributed by atoms with Crippen LogP contribution in [0.3, 0.4) is 0 Å². The molecule has 2 fully saturated rings. The van der Waals surface area contributed by atoms with Gasteiger partial charge in [0.15, 0.2) is 16.6 Å². The van der Waals surface area contributed by atoms with E-state index in [2.05, 4.69) is 52.0 Å². The Kier molecular flexibility index (Phi) is 23.8. The topological polar surface area (TPSA) is 367 Å². The lowest BCUT2D eigenvalue weighted by Gasteiger charge is -2.59. The molecule has 6 atom stereocenters. The van der Waals surface area contributed by atoms with Crippen molar-refractivity contribution in [2.75, 3.05) is 43.4 Å². The number of carboxylic acid groups (broad SMARTS) is 2. The fraction of sp³-hybridized carbons (Fsp3) is 0.440. The van der Waals surface area contributed by atoms with Crippen molar-refractivity contribution in [3.8, 4) is 22.4 Å². The number of aromatic nitrogens is 5. The highest BCUT2D eigenvalue weighted by Crippen LogP contribution is 2.61. The third-order valence-corrected chi connectivity index (χ3v) is 20.3. The molecule has 2 saturated carbocycles. The summed E-state index contributed by atoms with van der Waals surface area (Å²) in [5, 5.41) is 37.5. The van der Waals surface area contributed by atoms with E-state index in [0.717, 1.165) is 46.5 Å². The van der Waals surface area contributed by atoms with Crippen LogP contribution in [0.1, 0.15) is 150 Å². The molecule has 538 valence electrons. The zero-order valence-electron chi connectivity index (χ0n) is 58.3. The van der Waals surface area contributed by atoms with E-state index in [9.17, 15) is 58.2 Å². The Hall–Kier alpha value is -10.3. The minimum absolute atomic E-state index is 0.0359. The third kappa shape index (κ3) is 18.8. The maximum Gasteiger partial charge on any atom is 0.410 e. The Morgan fingerprint density at radius 3 is 2.29 bits per heavy atom. The molecule has 1 aliphatic heterocycles. The number of imide groups is 1. The van der Waals surface area contributed by atoms with Crippen LogP contribution in [0.15, 0.2) is 109 Å². The molecule has 27 heteroatoms. The van der Waals surface area contributed by atoms with E-state index in [1.54, 1.807) is 86.9 Å². The minimum atomic E-state index is -1.23. The summed E-state index contributed by atoms with van der Waals surface area (Å²) in [5.41, 5.74) is 9.29. The van der Waals surface area contributed by atoms with Crippen LogP contribution in [0.4, 0.5) is 20.4 Å². The number of nitrogens with one attached hydrogen (secondary N) is 4. The molecular formula is C75H88N12O14S. The first-order valence-corrected chi connectivity index (χ1v) is 35.4. The van der Waals surface area contributed by atoms with Gasteiger partial charge in [0, 0.05) is 109 Å². The standard InChI is InChI=1S/C75H88N12O14S/c1-45(2)65(83-61(89)19-8-7-11-30-86-62(90)26-27-63(86)91)59(88)35-49(14-13-29-77-70(76)98)67(94)80-51-22-20-48(21-23-51)40-100-72(99)85(31-28-64(92)93)32-33-101-74(6)41-73(5)36-46(3)37-75(42-73,43-74)44-87-47(4)55(39-79-87)52-24-25-56(81-66(52)69(96)97)50-34-54-53(15-12-17-57(54)78-38-50)68(95)84-71-82-58-16-9-10-18-60(58)102-71/h9-10,12,15-18,20-27,34,38-39,45-46,49,65H,7-8,11,13-14,19,28-33,35-37,40-44H2,1-6H3,(H,80,94)(H,83,89)(H,92,93)(H,96,97)(H3,76,77,98)(H,82,84,95)/t46?,49-,65+,73?,74?,75?/m1/s1. The van der Waals surface area contributed by atoms with Crippen LogP contribution in [0.2, 0.25) is 0 Å². The van der Waals surface area contributed by atoms with Crippen molar-refractivity contribution in [3.63, 3.8) is 0 Å². The highest BCUT2D eigenvalue weighted by Gasteiger charge is 2.55. The molecule has 102 heavy (non-hydrogen) atoms. The monoisotopic (exact) mass is 1410 g/mol. The Labute approximate surface area is 594 Å². The molecule has 3 aromatic carbocycles. The number of carbonyl (C=O) groups excluding carboxylic acids is 8. The number of para-hydroxylation sites is 1. The second kappa shape index (κ2) is 32.6. The summed E-state index contributed by atoms with van der Waals surface area (Å²) < 4.78 is 15.5. The van der Waals surface area contributed by atoms with Crippen molar-refractivity contribution in [1.29, 1.82) is 0 Å². The summed E-state index contributed by atoms with van der Waals surface area (Å²) in [7, 11) is 0. The summed E-state index contributed by atoms with van der Waals surface area (Å²) in [4.78, 5) is 145. The summed E-state index contributed by atoms with van der Waals surface area (Å²) in [6.07, 6.45) is 10.7. The number of thiazole rings is 1. The van der Waals surface area contributed by atoms with Gasteiger partial charge in [0.1, 0.15) is 6.61 Å². The highest BCUT2D eigenvalue weighted by atomic mass is 32.1. The maximum absolute atomic E-state index is 13.9. The second-order valence-electron chi connectivity index (χ2n) is 28.3. The number of aromatic carboxylic acids is 1. The number of pyridine rings is 2. The van der Waals surface area contributed by atoms with Crippen molar-refractivity contribution in [2.45, 2.75) is 150 Å². The summed E-state index contributed by atoms with van der Waals surface area (Å²) in [6.45, 7) is 12.9. The number of rotatable bonds is 33. The normalized spacial score (nSPS) is 19.2. The average molecular weight is 1410 g/mol. The molecule has 0 saturated heterocycles. The average Bonchev–Trinajstić information content (AvgIpc) is 0.879. The lowest BCUT2D eigenvalue weighted by atomic mass is 9.50. The molecule has 7 aromatic rings. The molecule has 4 unspecified atom stereocenters. The highest BCUT2D eigenvalue weighted by molar-refractivity contribution is 7.22. The van der Waals surface area contributed by atoms with Crippen molar-refractivity contribution in [2.24, 2.45) is 34.3 Å². The van der Waals surface area contributed by atoms with Gasteiger partial charge < -0.3 is 46.3 Å². The van der Waals surface area contributed by atoms with E-state index >= 15 is 0 Å². The van der Waals surface area contributed by atoms with E-state index < -0.39 is 47.5 Å². The van der Waals surface area contributed by atoms with Gasteiger partial charge in [0.2, 0.25) is 11.8 Å². The fourth-order valence-electron chi connectivity index (χ4n) is 15.4. The molecule has 8 amide bonds. The number of hydrogen-bond donors (Lipinski definition) is 7. The summed E-state index contributed by atoms with van der Waals surface area (Å²) >= 11 is 1.37. The number of unbranched alkanes of at least 4 members (excludes halogenated alkanes) is 2. The van der Waals surface area contributed by atoms with Crippen LogP contribution in [0, 0.1) is 35.5 Å². The molecule has 8 N–H and O–H groups in total. The van der Waals surface area contributed by atoms with Crippen LogP contribution in [-0.4, -0.2) is 149 Å². The number of benzene rings is 3. The number of hydrogen-bond acceptors (Lipinski definition) is 17. The molecule has 0 spiro atoms. The molecular weight excluding hydrogens is 1320 g/mol. The number of urea groups is 1. The van der Waals surface area contributed by atoms with Gasteiger partial charge in [-0.05, 0) is 154 Å². The van der Waals surface area contributed by atoms with Crippen LogP contribution >= 0.6 is 11.3 Å². The number of nitrogens with two attached hydrogens (primary N) is 1. The molecule has 3 aliphatic rings. The van der Waals surface area contributed by atoms with Crippen molar-refractivity contribution < 1.29 is 67.6 Å². The number of aliphatic carboxylic acids is 1.